The van der Waals surface area contributed by atoms with Gasteiger partial charge in [-0.25, -0.2) is 0 Å². The van der Waals surface area contributed by atoms with Gasteiger partial charge in [-0.05, 0) is 60.7 Å². The van der Waals surface area contributed by atoms with Gasteiger partial charge in [-0.15, -0.1) is 0 Å². The molecule has 1 N–H and O–H groups in total. The third-order valence-electron chi connectivity index (χ3n) is 4.99. The molecule has 1 aliphatic heterocycles. The third-order valence-corrected chi connectivity index (χ3v) is 5.41. The van der Waals surface area contributed by atoms with Gasteiger partial charge < -0.3 is 19.4 Å². The molecule has 0 saturated carbocycles. The fraction of sp³-hybridized carbons (Fsp3) is 0.174. The van der Waals surface area contributed by atoms with E-state index in [-0.39, 0.29) is 18.2 Å². The lowest BCUT2D eigenvalue weighted by Gasteiger charge is -2.22. The normalized spacial score (nSPS) is 16.0. The number of ether oxygens (including phenoxy) is 1. The molecule has 1 aromatic heterocycles. The Morgan fingerprint density at radius 1 is 1.10 bits per heavy atom. The minimum atomic E-state index is -0.740. The van der Waals surface area contributed by atoms with Crippen LogP contribution in [0.15, 0.2) is 77.4 Å². The number of rotatable bonds is 7. The Labute approximate surface area is 185 Å². The molecule has 4 rings (SSSR count). The Morgan fingerprint density at radius 3 is 2.48 bits per heavy atom. The molecule has 31 heavy (non-hydrogen) atoms. The van der Waals surface area contributed by atoms with Crippen LogP contribution in [-0.2, 0) is 16.1 Å². The summed E-state index contributed by atoms with van der Waals surface area (Å²) in [5.41, 5.74) is 1.29. The molecular weight excluding hydrogens is 414 g/mol. The second kappa shape index (κ2) is 9.01. The van der Waals surface area contributed by atoms with E-state index in [1.807, 2.05) is 36.4 Å². The molecule has 7 nitrogen and oxygen atoms in total. The van der Waals surface area contributed by atoms with E-state index in [9.17, 15) is 9.59 Å². The molecule has 0 bridgehead atoms. The molecule has 2 heterocycles. The number of hydrogen-bond donors (Lipinski definition) is 1. The first-order valence-corrected chi connectivity index (χ1v) is 10.1. The molecule has 0 aliphatic carbocycles. The van der Waals surface area contributed by atoms with Crippen LogP contribution in [0.3, 0.4) is 0 Å². The van der Waals surface area contributed by atoms with Gasteiger partial charge in [0.25, 0.3) is 5.91 Å². The van der Waals surface area contributed by atoms with E-state index in [1.54, 1.807) is 48.6 Å². The smallest absolute Gasteiger partial charge is 0.256 e. The molecular formula is C23H21N3O4S. The second-order valence-corrected chi connectivity index (χ2v) is 7.36. The molecule has 2 amide bonds. The van der Waals surface area contributed by atoms with Crippen LogP contribution in [0.2, 0.25) is 0 Å². The van der Waals surface area contributed by atoms with Crippen molar-refractivity contribution in [1.29, 1.82) is 0 Å². The number of amides is 2. The number of nitrogens with zero attached hydrogens (tertiary/aromatic N) is 2. The van der Waals surface area contributed by atoms with Gasteiger partial charge in [0, 0.05) is 5.69 Å². The number of furan rings is 1. The highest BCUT2D eigenvalue weighted by molar-refractivity contribution is 7.80. The first kappa shape index (κ1) is 20.6. The van der Waals surface area contributed by atoms with Gasteiger partial charge in [0.2, 0.25) is 5.91 Å². The van der Waals surface area contributed by atoms with Gasteiger partial charge in [0.1, 0.15) is 17.6 Å². The van der Waals surface area contributed by atoms with E-state index < -0.39 is 6.04 Å². The maximum atomic E-state index is 13.3. The first-order valence-electron chi connectivity index (χ1n) is 9.72. The number of hydrogen-bond acceptors (Lipinski definition) is 5. The molecule has 1 atom stereocenters. The summed E-state index contributed by atoms with van der Waals surface area (Å²) in [6.45, 7) is 0.293. The predicted octanol–water partition coefficient (Wildman–Crippen LogP) is 3.82. The lowest BCUT2D eigenvalue weighted by molar-refractivity contribution is -0.124. The summed E-state index contributed by atoms with van der Waals surface area (Å²) in [5, 5.41) is 3.17. The Morgan fingerprint density at radius 2 is 1.84 bits per heavy atom. The monoisotopic (exact) mass is 435 g/mol. The summed E-state index contributed by atoms with van der Waals surface area (Å²) in [7, 11) is 1.58. The quantitative estimate of drug-likeness (QED) is 0.569. The largest absolute Gasteiger partial charge is 0.497 e. The van der Waals surface area contributed by atoms with Gasteiger partial charge in [0.15, 0.2) is 5.11 Å². The van der Waals surface area contributed by atoms with Gasteiger partial charge in [-0.1, -0.05) is 18.2 Å². The van der Waals surface area contributed by atoms with Crippen LogP contribution in [0.1, 0.15) is 12.2 Å². The van der Waals surface area contributed by atoms with Crippen LogP contribution in [0.25, 0.3) is 0 Å². The van der Waals surface area contributed by atoms with Crippen molar-refractivity contribution in [1.82, 2.24) is 4.90 Å². The predicted molar refractivity (Wildman–Crippen MR) is 121 cm³/mol. The Hall–Kier alpha value is -3.65. The Kier molecular flexibility index (Phi) is 5.99. The molecule has 1 saturated heterocycles. The standard InChI is InChI=1S/C23H21N3O4S/c1-29-18-11-9-16(10-12-18)24-21(27)14-20-22(28)26(17-6-3-2-4-7-17)23(31)25(20)15-19-8-5-13-30-19/h2-13,20H,14-15H2,1H3,(H,24,27)/t20-/m1/s1. The Bertz CT molecular complexity index is 1070. The molecule has 158 valence electrons. The molecule has 8 heteroatoms. The van der Waals surface area contributed by atoms with Gasteiger partial charge >= 0.3 is 0 Å². The van der Waals surface area contributed by atoms with Crippen molar-refractivity contribution in [2.45, 2.75) is 19.0 Å². The number of para-hydroxylation sites is 1. The summed E-state index contributed by atoms with van der Waals surface area (Å²) < 4.78 is 10.6. The zero-order valence-electron chi connectivity index (χ0n) is 16.9. The highest BCUT2D eigenvalue weighted by atomic mass is 32.1. The summed E-state index contributed by atoms with van der Waals surface area (Å²) in [4.78, 5) is 29.3. The number of methoxy groups -OCH3 is 1. The van der Waals surface area contributed by atoms with Crippen LogP contribution in [0.4, 0.5) is 11.4 Å². The van der Waals surface area contributed by atoms with Crippen LogP contribution >= 0.6 is 12.2 Å². The molecule has 0 unspecified atom stereocenters. The molecule has 3 aromatic rings. The number of thiocarbonyl (C=S) groups is 1. The fourth-order valence-electron chi connectivity index (χ4n) is 3.46. The van der Waals surface area contributed by atoms with Gasteiger partial charge in [-0.2, -0.15) is 0 Å². The molecule has 1 fully saturated rings. The summed E-state index contributed by atoms with van der Waals surface area (Å²) in [6, 6.07) is 19.0. The van der Waals surface area contributed by atoms with E-state index >= 15 is 0 Å². The average Bonchev–Trinajstić information content (AvgIpc) is 3.37. The number of benzene rings is 2. The topological polar surface area (TPSA) is 75.0 Å². The number of anilines is 2. The maximum absolute atomic E-state index is 13.3. The van der Waals surface area contributed by atoms with Crippen molar-refractivity contribution < 1.29 is 18.7 Å². The van der Waals surface area contributed by atoms with Crippen molar-refractivity contribution >= 4 is 40.5 Å². The lowest BCUT2D eigenvalue weighted by Crippen LogP contribution is -2.37. The van der Waals surface area contributed by atoms with Crippen LogP contribution in [-0.4, -0.2) is 35.0 Å². The molecule has 2 aromatic carbocycles. The van der Waals surface area contributed by atoms with E-state index in [2.05, 4.69) is 5.32 Å². The van der Waals surface area contributed by atoms with Crippen molar-refractivity contribution in [3.05, 3.63) is 78.8 Å². The van der Waals surface area contributed by atoms with Crippen LogP contribution in [0, 0.1) is 0 Å². The minimum Gasteiger partial charge on any atom is -0.497 e. The lowest BCUT2D eigenvalue weighted by atomic mass is 10.1. The van der Waals surface area contributed by atoms with Crippen molar-refractivity contribution in [2.24, 2.45) is 0 Å². The van der Waals surface area contributed by atoms with Gasteiger partial charge in [0.05, 0.1) is 32.0 Å². The zero-order valence-corrected chi connectivity index (χ0v) is 17.7. The van der Waals surface area contributed by atoms with Crippen molar-refractivity contribution in [2.75, 3.05) is 17.3 Å². The first-order chi connectivity index (χ1) is 15.1. The van der Waals surface area contributed by atoms with E-state index in [0.717, 1.165) is 0 Å². The number of nitrogens with one attached hydrogen (secondary N) is 1. The SMILES string of the molecule is COc1ccc(NC(=O)C[C@@H]2C(=O)N(c3ccccc3)C(=S)N2Cc2ccco2)cc1. The van der Waals surface area contributed by atoms with Crippen molar-refractivity contribution in [3.8, 4) is 5.75 Å². The highest BCUT2D eigenvalue weighted by Gasteiger charge is 2.44. The third kappa shape index (κ3) is 4.44. The second-order valence-electron chi connectivity index (χ2n) is 7.00. The van der Waals surface area contributed by atoms with E-state index in [0.29, 0.717) is 34.5 Å². The van der Waals surface area contributed by atoms with E-state index in [1.165, 1.54) is 4.90 Å². The summed E-state index contributed by atoms with van der Waals surface area (Å²) in [6.07, 6.45) is 1.52. The fourth-order valence-corrected chi connectivity index (χ4v) is 3.85. The molecule has 0 spiro atoms. The average molecular weight is 436 g/mol. The van der Waals surface area contributed by atoms with E-state index in [4.69, 9.17) is 21.4 Å². The minimum absolute atomic E-state index is 0.0466. The molecule has 1 aliphatic rings. The number of carbonyl (C=O) groups is 2. The zero-order chi connectivity index (χ0) is 21.8. The Balaban J connectivity index is 1.55. The maximum Gasteiger partial charge on any atom is 0.256 e. The van der Waals surface area contributed by atoms with Crippen molar-refractivity contribution in [3.63, 3.8) is 0 Å². The summed E-state index contributed by atoms with van der Waals surface area (Å²) in [5.74, 6) is 0.821. The van der Waals surface area contributed by atoms with Crippen LogP contribution in [0.5, 0.6) is 5.75 Å². The summed E-state index contributed by atoms with van der Waals surface area (Å²) >= 11 is 5.63. The highest BCUT2D eigenvalue weighted by Crippen LogP contribution is 2.29. The molecule has 0 radical (unpaired) electrons. The number of carbonyl (C=O) groups excluding carboxylic acids is 2. The van der Waals surface area contributed by atoms with Gasteiger partial charge in [-0.3, -0.25) is 14.5 Å². The van der Waals surface area contributed by atoms with Crippen LogP contribution < -0.4 is 15.0 Å².